The molecule has 2 aliphatic heterocycles. The Morgan fingerprint density at radius 3 is 2.77 bits per heavy atom. The number of nitrogens with two attached hydrogens (primary N) is 1. The SMILES string of the molecule is CCS(=O)(=O)Nc1cc(C(N)C(=O)N[C@@H]2C(=O)N3C(OC(=O)O)=CCS[C@@H]23)ccc1O. The van der Waals surface area contributed by atoms with Gasteiger partial charge in [0, 0.05) is 5.75 Å². The molecule has 3 rings (SSSR count). The summed E-state index contributed by atoms with van der Waals surface area (Å²) in [5, 5.41) is 20.6. The van der Waals surface area contributed by atoms with Gasteiger partial charge in [0.25, 0.3) is 5.91 Å². The van der Waals surface area contributed by atoms with Gasteiger partial charge in [0.05, 0.1) is 11.4 Å². The first-order valence-electron chi connectivity index (χ1n) is 8.99. The van der Waals surface area contributed by atoms with Gasteiger partial charge in [0.1, 0.15) is 23.2 Å². The second-order valence-electron chi connectivity index (χ2n) is 6.59. The highest BCUT2D eigenvalue weighted by atomic mass is 32.2. The molecule has 6 N–H and O–H groups in total. The minimum Gasteiger partial charge on any atom is -0.506 e. The molecule has 0 saturated carbocycles. The van der Waals surface area contributed by atoms with E-state index in [9.17, 15) is 27.9 Å². The number of rotatable bonds is 7. The van der Waals surface area contributed by atoms with Crippen LogP contribution in [0.2, 0.25) is 0 Å². The average Bonchev–Trinajstić information content (AvgIpc) is 2.71. The van der Waals surface area contributed by atoms with Gasteiger partial charge in [-0.25, -0.2) is 13.2 Å². The maximum absolute atomic E-state index is 12.6. The average molecular weight is 473 g/mol. The molecule has 1 saturated heterocycles. The number of phenols is 1. The molecule has 1 fully saturated rings. The second-order valence-corrected chi connectivity index (χ2v) is 9.75. The Balaban J connectivity index is 1.70. The first kappa shape index (κ1) is 22.7. The number of fused-ring (bicyclic) bond motifs is 1. The fourth-order valence-corrected chi connectivity index (χ4v) is 4.77. The Kier molecular flexibility index (Phi) is 6.33. The zero-order chi connectivity index (χ0) is 22.9. The van der Waals surface area contributed by atoms with E-state index in [4.69, 9.17) is 10.8 Å². The number of phenolic OH excluding ortho intramolecular Hbond substituents is 1. The van der Waals surface area contributed by atoms with Crippen LogP contribution in [0.3, 0.4) is 0 Å². The molecule has 168 valence electrons. The van der Waals surface area contributed by atoms with E-state index < -0.39 is 45.5 Å². The van der Waals surface area contributed by atoms with Crippen molar-refractivity contribution in [1.29, 1.82) is 0 Å². The van der Waals surface area contributed by atoms with E-state index in [-0.39, 0.29) is 28.6 Å². The summed E-state index contributed by atoms with van der Waals surface area (Å²) >= 11 is 1.31. The normalized spacial score (nSPS) is 21.3. The van der Waals surface area contributed by atoms with E-state index in [0.717, 1.165) is 4.90 Å². The molecule has 31 heavy (non-hydrogen) atoms. The van der Waals surface area contributed by atoms with Crippen LogP contribution in [0.15, 0.2) is 30.2 Å². The molecule has 12 nitrogen and oxygen atoms in total. The lowest BCUT2D eigenvalue weighted by Gasteiger charge is -2.48. The second kappa shape index (κ2) is 8.64. The molecule has 1 aromatic rings. The number of β-lactam (4-membered cyclic amide) rings is 1. The molecular formula is C17H20N4O8S2. The number of ether oxygens (including phenoxy) is 1. The number of benzene rings is 1. The van der Waals surface area contributed by atoms with Gasteiger partial charge >= 0.3 is 6.16 Å². The third-order valence-electron chi connectivity index (χ3n) is 4.60. The summed E-state index contributed by atoms with van der Waals surface area (Å²) in [5.41, 5.74) is 6.05. The first-order valence-corrected chi connectivity index (χ1v) is 11.7. The monoisotopic (exact) mass is 472 g/mol. The molecule has 2 aliphatic rings. The Hall–Kier alpha value is -2.97. The number of carbonyl (C=O) groups excluding carboxylic acids is 2. The third-order valence-corrected chi connectivity index (χ3v) is 7.08. The summed E-state index contributed by atoms with van der Waals surface area (Å²) in [5.74, 6) is -1.54. The number of amides is 2. The smallest absolute Gasteiger partial charge is 0.506 e. The van der Waals surface area contributed by atoms with Crippen molar-refractivity contribution in [3.63, 3.8) is 0 Å². The summed E-state index contributed by atoms with van der Waals surface area (Å²) in [4.78, 5) is 36.9. The Bertz CT molecular complexity index is 1060. The zero-order valence-electron chi connectivity index (χ0n) is 16.1. The molecule has 2 amide bonds. The van der Waals surface area contributed by atoms with Crippen LogP contribution in [0, 0.1) is 0 Å². The fourth-order valence-electron chi connectivity index (χ4n) is 2.96. The zero-order valence-corrected chi connectivity index (χ0v) is 17.8. The van der Waals surface area contributed by atoms with Crippen molar-refractivity contribution in [2.45, 2.75) is 24.4 Å². The maximum atomic E-state index is 12.6. The summed E-state index contributed by atoms with van der Waals surface area (Å²) in [7, 11) is -3.67. The molecule has 0 aliphatic carbocycles. The molecule has 3 atom stereocenters. The third kappa shape index (κ3) is 4.70. The Labute approximate surface area is 181 Å². The lowest BCUT2D eigenvalue weighted by molar-refractivity contribution is -0.149. The summed E-state index contributed by atoms with van der Waals surface area (Å²) in [6.07, 6.45) is -0.104. The summed E-state index contributed by atoms with van der Waals surface area (Å²) < 4.78 is 30.3. The highest BCUT2D eigenvalue weighted by Gasteiger charge is 2.52. The van der Waals surface area contributed by atoms with Gasteiger partial charge < -0.3 is 26.0 Å². The predicted molar refractivity (Wildman–Crippen MR) is 110 cm³/mol. The quantitative estimate of drug-likeness (QED) is 0.207. The molecule has 0 radical (unpaired) electrons. The Morgan fingerprint density at radius 1 is 1.42 bits per heavy atom. The van der Waals surface area contributed by atoms with Gasteiger partial charge in [0.2, 0.25) is 21.8 Å². The van der Waals surface area contributed by atoms with Crippen molar-refractivity contribution in [1.82, 2.24) is 10.2 Å². The number of sulfonamides is 1. The predicted octanol–water partition coefficient (Wildman–Crippen LogP) is 0.0895. The van der Waals surface area contributed by atoms with Gasteiger partial charge in [-0.05, 0) is 30.7 Å². The van der Waals surface area contributed by atoms with E-state index in [1.807, 2.05) is 0 Å². The van der Waals surface area contributed by atoms with Crippen LogP contribution in [0.1, 0.15) is 18.5 Å². The van der Waals surface area contributed by atoms with Crippen LogP contribution >= 0.6 is 11.8 Å². The minimum atomic E-state index is -3.67. The molecule has 0 bridgehead atoms. The highest BCUT2D eigenvalue weighted by Crippen LogP contribution is 2.38. The highest BCUT2D eigenvalue weighted by molar-refractivity contribution is 8.00. The van der Waals surface area contributed by atoms with Crippen LogP contribution in [-0.4, -0.2) is 64.4 Å². The van der Waals surface area contributed by atoms with Crippen molar-refractivity contribution < 1.29 is 37.8 Å². The number of hydrogen-bond donors (Lipinski definition) is 5. The number of nitrogens with one attached hydrogen (secondary N) is 2. The topological polar surface area (TPSA) is 188 Å². The fraction of sp³-hybridized carbons (Fsp3) is 0.353. The Morgan fingerprint density at radius 2 is 2.13 bits per heavy atom. The van der Waals surface area contributed by atoms with Crippen molar-refractivity contribution in [2.75, 3.05) is 16.2 Å². The van der Waals surface area contributed by atoms with Crippen LogP contribution in [0.4, 0.5) is 10.5 Å². The van der Waals surface area contributed by atoms with E-state index in [1.165, 1.54) is 43.0 Å². The van der Waals surface area contributed by atoms with Crippen LogP contribution < -0.4 is 15.8 Å². The van der Waals surface area contributed by atoms with Gasteiger partial charge in [-0.15, -0.1) is 11.8 Å². The molecule has 0 aromatic heterocycles. The molecule has 14 heteroatoms. The van der Waals surface area contributed by atoms with Crippen molar-refractivity contribution in [3.8, 4) is 5.75 Å². The van der Waals surface area contributed by atoms with E-state index in [0.29, 0.717) is 5.75 Å². The van der Waals surface area contributed by atoms with E-state index in [1.54, 1.807) is 0 Å². The number of aromatic hydroxyl groups is 1. The minimum absolute atomic E-state index is 0.109. The largest absolute Gasteiger partial charge is 0.512 e. The number of nitrogens with zero attached hydrogens (tertiary/aromatic N) is 1. The number of thioether (sulfide) groups is 1. The number of hydrogen-bond acceptors (Lipinski definition) is 9. The van der Waals surface area contributed by atoms with Crippen LogP contribution in [-0.2, 0) is 24.3 Å². The van der Waals surface area contributed by atoms with Crippen molar-refractivity contribution in [3.05, 3.63) is 35.7 Å². The molecule has 2 heterocycles. The van der Waals surface area contributed by atoms with Crippen molar-refractivity contribution in [2.24, 2.45) is 5.73 Å². The van der Waals surface area contributed by atoms with Crippen LogP contribution in [0.5, 0.6) is 5.75 Å². The van der Waals surface area contributed by atoms with Crippen molar-refractivity contribution >= 4 is 45.4 Å². The molecular weight excluding hydrogens is 452 g/mol. The van der Waals surface area contributed by atoms with Gasteiger partial charge in [-0.1, -0.05) is 6.07 Å². The maximum Gasteiger partial charge on any atom is 0.512 e. The van der Waals surface area contributed by atoms with Gasteiger partial charge in [-0.2, -0.15) is 0 Å². The number of carbonyl (C=O) groups is 3. The number of carboxylic acid groups (broad SMARTS) is 1. The van der Waals surface area contributed by atoms with Gasteiger partial charge in [0.15, 0.2) is 0 Å². The standard InChI is InChI=1S/C17H20N4O8S2/c1-2-31(27,28)20-9-7-8(3-4-10(9)22)12(18)14(23)19-13-15(24)21-11(29-17(25)26)5-6-30-16(13)21/h3-5,7,12-13,16,20,22H,2,6,18H2,1H3,(H,19,23)(H,25,26)/t12?,13-,16+/m1/s1. The lowest BCUT2D eigenvalue weighted by Crippen LogP contribution is -2.70. The first-order chi connectivity index (χ1) is 14.5. The molecule has 1 unspecified atom stereocenters. The van der Waals surface area contributed by atoms with Crippen LogP contribution in [0.25, 0.3) is 0 Å². The van der Waals surface area contributed by atoms with Gasteiger partial charge in [-0.3, -0.25) is 19.2 Å². The number of anilines is 1. The summed E-state index contributed by atoms with van der Waals surface area (Å²) in [6, 6.07) is 1.60. The van der Waals surface area contributed by atoms with E-state index >= 15 is 0 Å². The molecule has 1 aromatic carbocycles. The molecule has 0 spiro atoms. The lowest BCUT2D eigenvalue weighted by atomic mass is 10.0. The van der Waals surface area contributed by atoms with E-state index in [2.05, 4.69) is 14.8 Å². The summed E-state index contributed by atoms with van der Waals surface area (Å²) in [6.45, 7) is 1.42.